The molecular formula is C17H14F3N7O. The number of hydrogen-bond donors (Lipinski definition) is 1. The molecule has 0 unspecified atom stereocenters. The van der Waals surface area contributed by atoms with E-state index in [4.69, 9.17) is 10.5 Å². The first-order valence-corrected chi connectivity index (χ1v) is 8.10. The van der Waals surface area contributed by atoms with Crippen LogP contribution in [0.2, 0.25) is 0 Å². The van der Waals surface area contributed by atoms with Gasteiger partial charge in [0.25, 0.3) is 0 Å². The second-order valence-corrected chi connectivity index (χ2v) is 5.93. The first kappa shape index (κ1) is 17.8. The lowest BCUT2D eigenvalue weighted by atomic mass is 10.1. The van der Waals surface area contributed by atoms with Gasteiger partial charge in [-0.3, -0.25) is 0 Å². The minimum Gasteiger partial charge on any atom is -0.496 e. The molecule has 0 bridgehead atoms. The number of rotatable bonds is 4. The minimum absolute atomic E-state index is 0.00506. The van der Waals surface area contributed by atoms with E-state index in [0.717, 1.165) is 6.07 Å². The van der Waals surface area contributed by atoms with E-state index in [9.17, 15) is 13.2 Å². The van der Waals surface area contributed by atoms with Crippen molar-refractivity contribution in [2.45, 2.75) is 12.7 Å². The molecule has 11 heteroatoms. The van der Waals surface area contributed by atoms with Crippen LogP contribution in [0.15, 0.2) is 42.9 Å². The predicted octanol–water partition coefficient (Wildman–Crippen LogP) is 2.67. The molecule has 0 amide bonds. The third-order valence-electron chi connectivity index (χ3n) is 4.12. The molecule has 3 aromatic heterocycles. The Morgan fingerprint density at radius 3 is 2.68 bits per heavy atom. The Morgan fingerprint density at radius 1 is 1.18 bits per heavy atom. The number of benzene rings is 1. The highest BCUT2D eigenvalue weighted by molar-refractivity contribution is 5.83. The molecule has 0 saturated heterocycles. The first-order valence-electron chi connectivity index (χ1n) is 8.10. The summed E-state index contributed by atoms with van der Waals surface area (Å²) >= 11 is 0. The van der Waals surface area contributed by atoms with Crippen LogP contribution in [0, 0.1) is 0 Å². The molecular weight excluding hydrogens is 375 g/mol. The Labute approximate surface area is 156 Å². The van der Waals surface area contributed by atoms with E-state index in [0.29, 0.717) is 22.4 Å². The normalized spacial score (nSPS) is 11.9. The highest BCUT2D eigenvalue weighted by Crippen LogP contribution is 2.36. The fraction of sp³-hybridized carbons (Fsp3) is 0.176. The zero-order chi connectivity index (χ0) is 19.9. The van der Waals surface area contributed by atoms with Gasteiger partial charge in [0.05, 0.1) is 30.8 Å². The molecule has 8 nitrogen and oxygen atoms in total. The van der Waals surface area contributed by atoms with Gasteiger partial charge in [0, 0.05) is 12.4 Å². The standard InChI is InChI=1S/C17H14F3N7O/c1-28-13-4-3-10(7-12(13)17(18,19)20)9-27-15-11(8-23-27)14(24-16(21)25-15)26-6-2-5-22-26/h2-8H,9H2,1H3,(H2,21,24,25). The maximum atomic E-state index is 13.3. The second kappa shape index (κ2) is 6.51. The summed E-state index contributed by atoms with van der Waals surface area (Å²) in [6, 6.07) is 5.58. The van der Waals surface area contributed by atoms with E-state index < -0.39 is 11.7 Å². The fourth-order valence-corrected chi connectivity index (χ4v) is 2.89. The summed E-state index contributed by atoms with van der Waals surface area (Å²) in [4.78, 5) is 8.37. The van der Waals surface area contributed by atoms with E-state index in [1.54, 1.807) is 24.5 Å². The fourth-order valence-electron chi connectivity index (χ4n) is 2.89. The average molecular weight is 389 g/mol. The third kappa shape index (κ3) is 3.10. The number of methoxy groups -OCH3 is 1. The summed E-state index contributed by atoms with van der Waals surface area (Å²) in [5, 5.41) is 8.94. The van der Waals surface area contributed by atoms with Crippen molar-refractivity contribution in [1.82, 2.24) is 29.5 Å². The summed E-state index contributed by atoms with van der Waals surface area (Å²) in [5.74, 6) is 0.198. The number of hydrogen-bond acceptors (Lipinski definition) is 6. The van der Waals surface area contributed by atoms with E-state index in [2.05, 4.69) is 20.2 Å². The van der Waals surface area contributed by atoms with Crippen molar-refractivity contribution >= 4 is 17.0 Å². The van der Waals surface area contributed by atoms with Crippen LogP contribution < -0.4 is 10.5 Å². The van der Waals surface area contributed by atoms with Gasteiger partial charge in [-0.25, -0.2) is 9.36 Å². The van der Waals surface area contributed by atoms with E-state index in [1.165, 1.54) is 28.7 Å². The molecule has 1 aromatic carbocycles. The van der Waals surface area contributed by atoms with Gasteiger partial charge in [0.1, 0.15) is 5.75 Å². The molecule has 28 heavy (non-hydrogen) atoms. The predicted molar refractivity (Wildman–Crippen MR) is 94.0 cm³/mol. The molecule has 4 rings (SSSR count). The molecule has 0 aliphatic heterocycles. The molecule has 2 N–H and O–H groups in total. The molecule has 0 saturated carbocycles. The maximum Gasteiger partial charge on any atom is 0.419 e. The Balaban J connectivity index is 1.77. The molecule has 144 valence electrons. The largest absolute Gasteiger partial charge is 0.496 e. The molecule has 0 atom stereocenters. The van der Waals surface area contributed by atoms with Gasteiger partial charge in [-0.15, -0.1) is 0 Å². The molecule has 0 aliphatic carbocycles. The van der Waals surface area contributed by atoms with Gasteiger partial charge >= 0.3 is 6.18 Å². The monoisotopic (exact) mass is 389 g/mol. The Bertz CT molecular complexity index is 1140. The summed E-state index contributed by atoms with van der Waals surface area (Å²) in [5.41, 5.74) is 5.73. The summed E-state index contributed by atoms with van der Waals surface area (Å²) in [7, 11) is 1.20. The minimum atomic E-state index is -4.53. The first-order chi connectivity index (χ1) is 13.4. The van der Waals surface area contributed by atoms with Gasteiger partial charge < -0.3 is 10.5 Å². The van der Waals surface area contributed by atoms with Crippen molar-refractivity contribution in [2.75, 3.05) is 12.8 Å². The van der Waals surface area contributed by atoms with Crippen molar-refractivity contribution in [1.29, 1.82) is 0 Å². The molecule has 4 aromatic rings. The van der Waals surface area contributed by atoms with Crippen LogP contribution in [-0.2, 0) is 12.7 Å². The van der Waals surface area contributed by atoms with Crippen molar-refractivity contribution in [2.24, 2.45) is 0 Å². The van der Waals surface area contributed by atoms with Crippen LogP contribution in [-0.4, -0.2) is 36.6 Å². The Kier molecular flexibility index (Phi) is 4.13. The van der Waals surface area contributed by atoms with Gasteiger partial charge in [0.15, 0.2) is 11.5 Å². The van der Waals surface area contributed by atoms with Crippen LogP contribution >= 0.6 is 0 Å². The van der Waals surface area contributed by atoms with Gasteiger partial charge in [-0.05, 0) is 23.8 Å². The topological polar surface area (TPSA) is 96.7 Å². The van der Waals surface area contributed by atoms with E-state index in [-0.39, 0.29) is 18.2 Å². The van der Waals surface area contributed by atoms with Crippen LogP contribution in [0.3, 0.4) is 0 Å². The number of aromatic nitrogens is 6. The van der Waals surface area contributed by atoms with E-state index in [1.807, 2.05) is 0 Å². The lowest BCUT2D eigenvalue weighted by molar-refractivity contribution is -0.138. The molecule has 0 radical (unpaired) electrons. The molecule has 3 heterocycles. The highest BCUT2D eigenvalue weighted by Gasteiger charge is 2.34. The van der Waals surface area contributed by atoms with Crippen LogP contribution in [0.1, 0.15) is 11.1 Å². The van der Waals surface area contributed by atoms with Crippen molar-refractivity contribution in [3.05, 3.63) is 54.0 Å². The zero-order valence-corrected chi connectivity index (χ0v) is 14.6. The number of halogens is 3. The number of fused-ring (bicyclic) bond motifs is 1. The van der Waals surface area contributed by atoms with Crippen LogP contribution in [0.5, 0.6) is 5.75 Å². The summed E-state index contributed by atoms with van der Waals surface area (Å²) < 4.78 is 47.6. The van der Waals surface area contributed by atoms with Gasteiger partial charge in [-0.2, -0.15) is 33.3 Å². The number of nitrogens with zero attached hydrogens (tertiary/aromatic N) is 6. The highest BCUT2D eigenvalue weighted by atomic mass is 19.4. The number of nitrogen functional groups attached to an aromatic ring is 1. The third-order valence-corrected chi connectivity index (χ3v) is 4.12. The quantitative estimate of drug-likeness (QED) is 0.576. The van der Waals surface area contributed by atoms with Crippen molar-refractivity contribution in [3.63, 3.8) is 0 Å². The van der Waals surface area contributed by atoms with Crippen molar-refractivity contribution < 1.29 is 17.9 Å². The van der Waals surface area contributed by atoms with Gasteiger partial charge in [-0.1, -0.05) is 6.07 Å². The number of anilines is 1. The zero-order valence-electron chi connectivity index (χ0n) is 14.6. The molecule has 0 spiro atoms. The van der Waals surface area contributed by atoms with E-state index >= 15 is 0 Å². The van der Waals surface area contributed by atoms with Crippen LogP contribution in [0.25, 0.3) is 16.9 Å². The average Bonchev–Trinajstić information content (AvgIpc) is 3.31. The Hall–Kier alpha value is -3.63. The molecule has 0 fully saturated rings. The summed E-state index contributed by atoms with van der Waals surface area (Å²) in [6.07, 6.45) is 0.273. The lowest BCUT2D eigenvalue weighted by Crippen LogP contribution is -2.10. The van der Waals surface area contributed by atoms with Crippen LogP contribution in [0.4, 0.5) is 19.1 Å². The number of nitrogens with two attached hydrogens (primary N) is 1. The smallest absolute Gasteiger partial charge is 0.419 e. The summed E-state index contributed by atoms with van der Waals surface area (Å²) in [6.45, 7) is 0.0611. The van der Waals surface area contributed by atoms with Gasteiger partial charge in [0.2, 0.25) is 5.95 Å². The number of ether oxygens (including phenoxy) is 1. The lowest BCUT2D eigenvalue weighted by Gasteiger charge is -2.13. The number of alkyl halides is 3. The van der Waals surface area contributed by atoms with Crippen molar-refractivity contribution in [3.8, 4) is 11.6 Å². The second-order valence-electron chi connectivity index (χ2n) is 5.93. The SMILES string of the molecule is COc1ccc(Cn2ncc3c(-n4cccn4)nc(N)nc32)cc1C(F)(F)F. The maximum absolute atomic E-state index is 13.3. The Morgan fingerprint density at radius 2 is 2.00 bits per heavy atom. The molecule has 0 aliphatic rings.